The smallest absolute Gasteiger partial charge is 0.242 e. The van der Waals surface area contributed by atoms with E-state index in [-0.39, 0.29) is 23.6 Å². The van der Waals surface area contributed by atoms with Gasteiger partial charge in [0.1, 0.15) is 6.04 Å². The second kappa shape index (κ2) is 11.5. The number of nitrogens with zero attached hydrogens (tertiary/aromatic N) is 1. The van der Waals surface area contributed by atoms with E-state index < -0.39 is 6.04 Å². The van der Waals surface area contributed by atoms with E-state index in [1.807, 2.05) is 50.2 Å². The van der Waals surface area contributed by atoms with Crippen molar-refractivity contribution in [3.63, 3.8) is 0 Å². The van der Waals surface area contributed by atoms with Crippen molar-refractivity contribution in [1.29, 1.82) is 0 Å². The molecule has 0 bridgehead atoms. The standard InChI is InChI=1S/C22H26Cl2N2O2S/c1-15(2)25-22(28)16(3)26(12-17-8-10-19(23)11-9-17)21(27)14-29-13-18-6-4-5-7-20(18)24/h4-11,15-16H,12-14H2,1-3H3,(H,25,28)/t16-/m1/s1. The molecule has 0 aliphatic carbocycles. The SMILES string of the molecule is CC(C)NC(=O)[C@@H](C)N(Cc1ccc(Cl)cc1)C(=O)CSCc1ccccc1Cl. The molecule has 29 heavy (non-hydrogen) atoms. The quantitative estimate of drug-likeness (QED) is 0.570. The Morgan fingerprint density at radius 1 is 1.03 bits per heavy atom. The third kappa shape index (κ3) is 7.57. The Morgan fingerprint density at radius 2 is 1.69 bits per heavy atom. The van der Waals surface area contributed by atoms with Crippen molar-refractivity contribution in [2.45, 2.75) is 45.2 Å². The molecule has 2 rings (SSSR count). The first-order valence-corrected chi connectivity index (χ1v) is 11.3. The maximum absolute atomic E-state index is 13.0. The van der Waals surface area contributed by atoms with Gasteiger partial charge in [0.25, 0.3) is 0 Å². The fraction of sp³-hybridized carbons (Fsp3) is 0.364. The summed E-state index contributed by atoms with van der Waals surface area (Å²) in [4.78, 5) is 27.1. The topological polar surface area (TPSA) is 49.4 Å². The number of amides is 2. The van der Waals surface area contributed by atoms with Crippen LogP contribution in [0.1, 0.15) is 31.9 Å². The number of thioether (sulfide) groups is 1. The van der Waals surface area contributed by atoms with Crippen molar-refractivity contribution in [1.82, 2.24) is 10.2 Å². The molecule has 2 aromatic carbocycles. The lowest BCUT2D eigenvalue weighted by Crippen LogP contribution is -2.49. The molecule has 1 N–H and O–H groups in total. The Morgan fingerprint density at radius 3 is 2.31 bits per heavy atom. The Labute approximate surface area is 187 Å². The summed E-state index contributed by atoms with van der Waals surface area (Å²) >= 11 is 13.6. The lowest BCUT2D eigenvalue weighted by molar-refractivity contribution is -0.138. The summed E-state index contributed by atoms with van der Waals surface area (Å²) < 4.78 is 0. The van der Waals surface area contributed by atoms with Crippen LogP contribution in [0.4, 0.5) is 0 Å². The van der Waals surface area contributed by atoms with Crippen LogP contribution in [0.15, 0.2) is 48.5 Å². The molecule has 2 aromatic rings. The number of hydrogen-bond donors (Lipinski definition) is 1. The van der Waals surface area contributed by atoms with E-state index in [0.717, 1.165) is 11.1 Å². The summed E-state index contributed by atoms with van der Waals surface area (Å²) in [5.41, 5.74) is 1.91. The second-order valence-electron chi connectivity index (χ2n) is 7.07. The van der Waals surface area contributed by atoms with Crippen LogP contribution in [0.5, 0.6) is 0 Å². The molecule has 0 aromatic heterocycles. The molecule has 0 radical (unpaired) electrons. The molecule has 0 spiro atoms. The number of halogens is 2. The van der Waals surface area contributed by atoms with E-state index in [0.29, 0.717) is 22.3 Å². The normalized spacial score (nSPS) is 11.9. The summed E-state index contributed by atoms with van der Waals surface area (Å²) in [7, 11) is 0. The van der Waals surface area contributed by atoms with Crippen LogP contribution < -0.4 is 5.32 Å². The molecular weight excluding hydrogens is 427 g/mol. The highest BCUT2D eigenvalue weighted by Gasteiger charge is 2.26. The molecule has 0 heterocycles. The molecule has 4 nitrogen and oxygen atoms in total. The van der Waals surface area contributed by atoms with E-state index in [4.69, 9.17) is 23.2 Å². The molecule has 1 atom stereocenters. The van der Waals surface area contributed by atoms with Crippen molar-refractivity contribution in [3.8, 4) is 0 Å². The van der Waals surface area contributed by atoms with Crippen LogP contribution in [-0.2, 0) is 21.9 Å². The van der Waals surface area contributed by atoms with Crippen LogP contribution in [-0.4, -0.2) is 34.6 Å². The highest BCUT2D eigenvalue weighted by molar-refractivity contribution is 7.99. The molecule has 0 saturated carbocycles. The summed E-state index contributed by atoms with van der Waals surface area (Å²) in [6.45, 7) is 5.89. The lowest BCUT2D eigenvalue weighted by Gasteiger charge is -2.29. The van der Waals surface area contributed by atoms with E-state index in [1.54, 1.807) is 24.0 Å². The second-order valence-corrected chi connectivity index (χ2v) is 8.90. The third-order valence-electron chi connectivity index (χ3n) is 4.31. The Kier molecular flexibility index (Phi) is 9.34. The number of carbonyl (C=O) groups excluding carboxylic acids is 2. The molecule has 2 amide bonds. The largest absolute Gasteiger partial charge is 0.352 e. The van der Waals surface area contributed by atoms with Gasteiger partial charge >= 0.3 is 0 Å². The van der Waals surface area contributed by atoms with E-state index in [2.05, 4.69) is 5.32 Å². The minimum Gasteiger partial charge on any atom is -0.352 e. The van der Waals surface area contributed by atoms with E-state index in [9.17, 15) is 9.59 Å². The minimum atomic E-state index is -0.582. The number of nitrogens with one attached hydrogen (secondary N) is 1. The van der Waals surface area contributed by atoms with Gasteiger partial charge in [0.05, 0.1) is 5.75 Å². The predicted molar refractivity (Wildman–Crippen MR) is 122 cm³/mol. The highest BCUT2D eigenvalue weighted by Crippen LogP contribution is 2.22. The molecule has 0 saturated heterocycles. The van der Waals surface area contributed by atoms with Gasteiger partial charge < -0.3 is 10.2 Å². The van der Waals surface area contributed by atoms with Crippen LogP contribution in [0, 0.1) is 0 Å². The van der Waals surface area contributed by atoms with Gasteiger partial charge in [-0.25, -0.2) is 0 Å². The minimum absolute atomic E-state index is 0.00651. The van der Waals surface area contributed by atoms with Crippen LogP contribution in [0.3, 0.4) is 0 Å². The fourth-order valence-corrected chi connectivity index (χ4v) is 4.04. The molecule has 0 fully saturated rings. The van der Waals surface area contributed by atoms with Gasteiger partial charge in [-0.1, -0.05) is 53.5 Å². The molecule has 7 heteroatoms. The number of carbonyl (C=O) groups is 2. The number of benzene rings is 2. The van der Waals surface area contributed by atoms with Crippen LogP contribution in [0.2, 0.25) is 10.0 Å². The third-order valence-corrected chi connectivity index (χ3v) is 5.89. The van der Waals surface area contributed by atoms with Crippen LogP contribution >= 0.6 is 35.0 Å². The van der Waals surface area contributed by atoms with Crippen molar-refractivity contribution < 1.29 is 9.59 Å². The molecule has 0 unspecified atom stereocenters. The Balaban J connectivity index is 2.07. The van der Waals surface area contributed by atoms with Crippen molar-refractivity contribution >= 4 is 46.8 Å². The monoisotopic (exact) mass is 452 g/mol. The molecule has 0 aliphatic heterocycles. The van der Waals surface area contributed by atoms with Gasteiger partial charge in [-0.15, -0.1) is 11.8 Å². The van der Waals surface area contributed by atoms with Crippen LogP contribution in [0.25, 0.3) is 0 Å². The first-order chi connectivity index (χ1) is 13.8. The molecular formula is C22H26Cl2N2O2S. The fourth-order valence-electron chi connectivity index (χ4n) is 2.72. The zero-order valence-corrected chi connectivity index (χ0v) is 19.2. The lowest BCUT2D eigenvalue weighted by atomic mass is 10.1. The zero-order valence-electron chi connectivity index (χ0n) is 16.8. The molecule has 0 aliphatic rings. The summed E-state index contributed by atoms with van der Waals surface area (Å²) in [6, 6.07) is 14.3. The van der Waals surface area contributed by atoms with Crippen molar-refractivity contribution in [3.05, 3.63) is 69.7 Å². The van der Waals surface area contributed by atoms with Gasteiger partial charge in [-0.3, -0.25) is 9.59 Å². The van der Waals surface area contributed by atoms with Gasteiger partial charge in [0, 0.05) is 28.4 Å². The summed E-state index contributed by atoms with van der Waals surface area (Å²) in [5.74, 6) is 0.632. The Bertz CT molecular complexity index is 828. The first-order valence-electron chi connectivity index (χ1n) is 9.43. The van der Waals surface area contributed by atoms with Gasteiger partial charge in [-0.05, 0) is 50.1 Å². The van der Waals surface area contributed by atoms with Gasteiger partial charge in [0.2, 0.25) is 11.8 Å². The maximum Gasteiger partial charge on any atom is 0.242 e. The Hall–Kier alpha value is -1.69. The first kappa shape index (κ1) is 23.6. The van der Waals surface area contributed by atoms with Gasteiger partial charge in [-0.2, -0.15) is 0 Å². The summed E-state index contributed by atoms with van der Waals surface area (Å²) in [5, 5.41) is 4.21. The average Bonchev–Trinajstić information content (AvgIpc) is 2.68. The average molecular weight is 453 g/mol. The summed E-state index contributed by atoms with van der Waals surface area (Å²) in [6.07, 6.45) is 0. The highest BCUT2D eigenvalue weighted by atomic mass is 35.5. The number of rotatable bonds is 9. The van der Waals surface area contributed by atoms with E-state index >= 15 is 0 Å². The van der Waals surface area contributed by atoms with Gasteiger partial charge in [0.15, 0.2) is 0 Å². The van der Waals surface area contributed by atoms with Crippen molar-refractivity contribution in [2.75, 3.05) is 5.75 Å². The van der Waals surface area contributed by atoms with E-state index in [1.165, 1.54) is 11.8 Å². The zero-order chi connectivity index (χ0) is 21.4. The number of hydrogen-bond acceptors (Lipinski definition) is 3. The molecule has 156 valence electrons. The maximum atomic E-state index is 13.0. The van der Waals surface area contributed by atoms with Crippen molar-refractivity contribution in [2.24, 2.45) is 0 Å². The predicted octanol–water partition coefficient (Wildman–Crippen LogP) is 5.17.